The van der Waals surface area contributed by atoms with Crippen molar-refractivity contribution in [3.63, 3.8) is 0 Å². The second-order valence-corrected chi connectivity index (χ2v) is 11.0. The summed E-state index contributed by atoms with van der Waals surface area (Å²) in [4.78, 5) is 24.0. The topological polar surface area (TPSA) is 51.7 Å². The number of halogens is 5. The van der Waals surface area contributed by atoms with Crippen molar-refractivity contribution in [2.24, 2.45) is 0 Å². The van der Waals surface area contributed by atoms with Crippen LogP contribution in [0.25, 0.3) is 0 Å². The van der Waals surface area contributed by atoms with Crippen LogP contribution in [0.3, 0.4) is 0 Å². The summed E-state index contributed by atoms with van der Waals surface area (Å²) in [5.41, 5.74) is 1.39. The molecule has 2 saturated heterocycles. The van der Waals surface area contributed by atoms with Gasteiger partial charge in [-0.1, -0.05) is 35.3 Å². The minimum absolute atomic E-state index is 0. The summed E-state index contributed by atoms with van der Waals surface area (Å²) in [6.45, 7) is 5.87. The van der Waals surface area contributed by atoms with Crippen LogP contribution >= 0.6 is 23.2 Å². The van der Waals surface area contributed by atoms with Gasteiger partial charge in [0.05, 0.1) is 15.6 Å². The summed E-state index contributed by atoms with van der Waals surface area (Å²) in [6, 6.07) is 10.3. The number of amides is 1. The Labute approximate surface area is 243 Å². The Kier molecular flexibility index (Phi) is 9.15. The molecule has 0 unspecified atom stereocenters. The largest absolute Gasteiger partial charge is 0.353 e. The normalized spacial score (nSPS) is 17.3. The molecule has 0 bridgehead atoms. The fourth-order valence-electron chi connectivity index (χ4n) is 5.37. The van der Waals surface area contributed by atoms with Crippen molar-refractivity contribution in [3.05, 3.63) is 92.8 Å². The molecular formula is C29H32Cl2F3N5O. The van der Waals surface area contributed by atoms with Gasteiger partial charge in [-0.15, -0.1) is 0 Å². The first-order valence-electron chi connectivity index (χ1n) is 13.3. The third-order valence-corrected chi connectivity index (χ3v) is 8.20. The molecule has 2 fully saturated rings. The summed E-state index contributed by atoms with van der Waals surface area (Å²) >= 11 is 12.3. The highest BCUT2D eigenvalue weighted by molar-refractivity contribution is 6.33. The molecule has 214 valence electrons. The number of carbonyl (C=O) groups is 1. The van der Waals surface area contributed by atoms with Gasteiger partial charge in [-0.05, 0) is 55.8 Å². The Hall–Kier alpha value is -2.85. The van der Waals surface area contributed by atoms with Crippen LogP contribution in [0.5, 0.6) is 0 Å². The van der Waals surface area contributed by atoms with Crippen molar-refractivity contribution < 1.29 is 19.4 Å². The van der Waals surface area contributed by atoms with Gasteiger partial charge in [-0.25, -0.2) is 18.2 Å². The van der Waals surface area contributed by atoms with E-state index in [2.05, 4.69) is 25.0 Å². The molecule has 3 aromatic rings. The summed E-state index contributed by atoms with van der Waals surface area (Å²) < 4.78 is 40.7. The lowest BCUT2D eigenvalue weighted by molar-refractivity contribution is 0.0950. The molecular weight excluding hydrogens is 562 g/mol. The number of piperidine rings is 1. The molecule has 2 aliphatic heterocycles. The third kappa shape index (κ3) is 6.89. The molecule has 0 saturated carbocycles. The molecule has 5 rings (SSSR count). The molecule has 0 aliphatic carbocycles. The van der Waals surface area contributed by atoms with E-state index in [1.165, 1.54) is 18.3 Å². The number of pyridine rings is 1. The van der Waals surface area contributed by atoms with Crippen LogP contribution in [0.2, 0.25) is 10.0 Å². The Morgan fingerprint density at radius 3 is 2.35 bits per heavy atom. The smallest absolute Gasteiger partial charge is 0.253 e. The number of rotatable bonds is 7. The van der Waals surface area contributed by atoms with E-state index in [0.717, 1.165) is 76.4 Å². The monoisotopic (exact) mass is 593 g/mol. The van der Waals surface area contributed by atoms with Gasteiger partial charge < -0.3 is 10.2 Å². The Bertz CT molecular complexity index is 1370. The van der Waals surface area contributed by atoms with Crippen LogP contribution < -0.4 is 10.2 Å². The van der Waals surface area contributed by atoms with E-state index in [-0.39, 0.29) is 29.9 Å². The predicted molar refractivity (Wildman–Crippen MR) is 152 cm³/mol. The quantitative estimate of drug-likeness (QED) is 0.377. The van der Waals surface area contributed by atoms with Gasteiger partial charge in [0.25, 0.3) is 5.91 Å². The number of likely N-dealkylation sites (tertiary alicyclic amines) is 1. The first-order valence-corrected chi connectivity index (χ1v) is 14.1. The van der Waals surface area contributed by atoms with Gasteiger partial charge in [0.2, 0.25) is 0 Å². The van der Waals surface area contributed by atoms with Gasteiger partial charge in [-0.3, -0.25) is 14.6 Å². The SMILES string of the molecule is O=C(NCc1ccc(F)cc1F)c1cnc(N2CCN(C3CCN(Cc4ccc(Cl)c(F)c4)CC3)CC2)c(Cl)c1.[HH]. The molecule has 2 aromatic carbocycles. The highest BCUT2D eigenvalue weighted by Crippen LogP contribution is 2.27. The molecule has 1 aromatic heterocycles. The summed E-state index contributed by atoms with van der Waals surface area (Å²) in [5.74, 6) is -1.58. The Balaban J connectivity index is 0.00000387. The van der Waals surface area contributed by atoms with E-state index in [0.29, 0.717) is 16.9 Å². The average Bonchev–Trinajstić information content (AvgIpc) is 2.95. The summed E-state index contributed by atoms with van der Waals surface area (Å²) in [6.07, 6.45) is 3.58. The Morgan fingerprint density at radius 1 is 0.925 bits per heavy atom. The van der Waals surface area contributed by atoms with E-state index < -0.39 is 17.5 Å². The molecule has 1 N–H and O–H groups in total. The Morgan fingerprint density at radius 2 is 1.68 bits per heavy atom. The first-order chi connectivity index (χ1) is 19.3. The number of hydrogen-bond donors (Lipinski definition) is 1. The lowest BCUT2D eigenvalue weighted by Gasteiger charge is -2.43. The summed E-state index contributed by atoms with van der Waals surface area (Å²) in [7, 11) is 0. The number of piperazine rings is 1. The molecule has 3 heterocycles. The number of nitrogens with one attached hydrogen (secondary N) is 1. The zero-order chi connectivity index (χ0) is 28.2. The second-order valence-electron chi connectivity index (χ2n) is 10.2. The number of hydrogen-bond acceptors (Lipinski definition) is 5. The van der Waals surface area contributed by atoms with Crippen LogP contribution in [0.15, 0.2) is 48.7 Å². The molecule has 0 spiro atoms. The van der Waals surface area contributed by atoms with E-state index >= 15 is 0 Å². The zero-order valence-electron chi connectivity index (χ0n) is 21.9. The van der Waals surface area contributed by atoms with Crippen molar-refractivity contribution in [2.45, 2.75) is 32.0 Å². The maximum atomic E-state index is 13.8. The number of anilines is 1. The molecule has 0 radical (unpaired) electrons. The van der Waals surface area contributed by atoms with Crippen LogP contribution in [-0.4, -0.2) is 66.0 Å². The maximum absolute atomic E-state index is 13.8. The van der Waals surface area contributed by atoms with Gasteiger partial charge in [-0.2, -0.15) is 0 Å². The van der Waals surface area contributed by atoms with Crippen LogP contribution in [-0.2, 0) is 13.1 Å². The number of aromatic nitrogens is 1. The molecule has 2 aliphatic rings. The van der Waals surface area contributed by atoms with Crippen LogP contribution in [0.4, 0.5) is 19.0 Å². The lowest BCUT2D eigenvalue weighted by atomic mass is 10.0. The predicted octanol–water partition coefficient (Wildman–Crippen LogP) is 5.77. The maximum Gasteiger partial charge on any atom is 0.253 e. The average molecular weight is 595 g/mol. The fourth-order valence-corrected chi connectivity index (χ4v) is 5.77. The van der Waals surface area contributed by atoms with Crippen LogP contribution in [0, 0.1) is 17.5 Å². The van der Waals surface area contributed by atoms with Gasteiger partial charge in [0.15, 0.2) is 0 Å². The number of nitrogens with zero attached hydrogens (tertiary/aromatic N) is 4. The second kappa shape index (κ2) is 12.8. The minimum atomic E-state index is -0.717. The third-order valence-electron chi connectivity index (χ3n) is 7.62. The van der Waals surface area contributed by atoms with Gasteiger partial charge in [0.1, 0.15) is 23.3 Å². The zero-order valence-corrected chi connectivity index (χ0v) is 23.4. The van der Waals surface area contributed by atoms with Crippen molar-refractivity contribution in [3.8, 4) is 0 Å². The first kappa shape index (κ1) is 28.7. The molecule has 11 heteroatoms. The molecule has 1 amide bonds. The minimum Gasteiger partial charge on any atom is -0.353 e. The molecule has 6 nitrogen and oxygen atoms in total. The van der Waals surface area contributed by atoms with E-state index in [1.54, 1.807) is 12.1 Å². The summed E-state index contributed by atoms with van der Waals surface area (Å²) in [5, 5.41) is 3.14. The van der Waals surface area contributed by atoms with E-state index in [4.69, 9.17) is 23.2 Å². The molecule has 40 heavy (non-hydrogen) atoms. The van der Waals surface area contributed by atoms with Crippen molar-refractivity contribution in [1.82, 2.24) is 20.1 Å². The highest BCUT2D eigenvalue weighted by Gasteiger charge is 2.28. The van der Waals surface area contributed by atoms with E-state index in [9.17, 15) is 18.0 Å². The van der Waals surface area contributed by atoms with E-state index in [1.807, 2.05) is 6.07 Å². The van der Waals surface area contributed by atoms with Crippen molar-refractivity contribution in [1.29, 1.82) is 0 Å². The van der Waals surface area contributed by atoms with Gasteiger partial charge >= 0.3 is 0 Å². The van der Waals surface area contributed by atoms with Crippen LogP contribution in [0.1, 0.15) is 35.8 Å². The number of benzene rings is 2. The molecule has 0 atom stereocenters. The number of carbonyl (C=O) groups excluding carboxylic acids is 1. The highest BCUT2D eigenvalue weighted by atomic mass is 35.5. The lowest BCUT2D eigenvalue weighted by Crippen LogP contribution is -2.53. The fraction of sp³-hybridized carbons (Fsp3) is 0.379. The van der Waals surface area contributed by atoms with Crippen molar-refractivity contribution in [2.75, 3.05) is 44.2 Å². The van der Waals surface area contributed by atoms with Gasteiger partial charge in [0, 0.05) is 64.6 Å². The standard InChI is InChI=1S/C29H30Cl2F3N5O.H2/c30-24-4-1-19(13-27(24)34)18-37-7-5-23(6-8-37)38-9-11-39(12-10-38)28-25(31)14-21(17-35-28)29(40)36-16-20-2-3-22(32)15-26(20)33;/h1-4,13-15,17,23H,5-12,16,18H2,(H,36,40);1H. The van der Waals surface area contributed by atoms with Crippen molar-refractivity contribution >= 4 is 34.9 Å².